The molecule has 35 heavy (non-hydrogen) atoms. The fourth-order valence-corrected chi connectivity index (χ4v) is 4.12. The molecule has 0 unspecified atom stereocenters. The van der Waals surface area contributed by atoms with Gasteiger partial charge in [0, 0.05) is 22.9 Å². The molecule has 0 bridgehead atoms. The topological polar surface area (TPSA) is 148 Å². The molecule has 0 radical (unpaired) electrons. The van der Waals surface area contributed by atoms with Crippen molar-refractivity contribution in [2.45, 2.75) is 31.1 Å². The van der Waals surface area contributed by atoms with Crippen LogP contribution in [0.1, 0.15) is 47.1 Å². The number of nitro benzene ring substituents is 1. The van der Waals surface area contributed by atoms with Crippen LogP contribution in [-0.2, 0) is 15.4 Å². The summed E-state index contributed by atoms with van der Waals surface area (Å²) in [4.78, 5) is 36.4. The lowest BCUT2D eigenvalue weighted by Gasteiger charge is -2.19. The summed E-state index contributed by atoms with van der Waals surface area (Å²) in [6.45, 7) is 6.24. The zero-order valence-corrected chi connectivity index (χ0v) is 20.0. The van der Waals surface area contributed by atoms with Crippen molar-refractivity contribution in [2.24, 2.45) is 0 Å². The third-order valence-corrected chi connectivity index (χ3v) is 6.36. The summed E-state index contributed by atoms with van der Waals surface area (Å²) in [6.07, 6.45) is 0. The number of hydrazine groups is 1. The van der Waals surface area contributed by atoms with Crippen LogP contribution in [0.2, 0.25) is 0 Å². The molecule has 0 aliphatic rings. The smallest absolute Gasteiger partial charge is 0.289 e. The highest BCUT2D eigenvalue weighted by molar-refractivity contribution is 7.89. The van der Waals surface area contributed by atoms with E-state index in [4.69, 9.17) is 0 Å². The number of carbonyl (C=O) groups excluding carboxylic acids is 2. The number of nitrogens with zero attached hydrogens (tertiary/aromatic N) is 1. The molecule has 10 nitrogen and oxygen atoms in total. The first-order chi connectivity index (χ1) is 16.4. The second-order valence-electron chi connectivity index (χ2n) is 8.64. The molecule has 0 spiro atoms. The van der Waals surface area contributed by atoms with Gasteiger partial charge >= 0.3 is 0 Å². The van der Waals surface area contributed by atoms with Crippen LogP contribution in [0.3, 0.4) is 0 Å². The maximum Gasteiger partial charge on any atom is 0.289 e. The molecular weight excluding hydrogens is 472 g/mol. The summed E-state index contributed by atoms with van der Waals surface area (Å²) in [5.74, 6) is -1.11. The molecule has 0 saturated heterocycles. The van der Waals surface area contributed by atoms with Crippen molar-refractivity contribution in [2.75, 3.05) is 5.32 Å². The van der Waals surface area contributed by atoms with Gasteiger partial charge in [-0.2, -0.15) is 0 Å². The van der Waals surface area contributed by atoms with Gasteiger partial charge in [-0.1, -0.05) is 45.0 Å². The number of rotatable bonds is 7. The van der Waals surface area contributed by atoms with Crippen molar-refractivity contribution in [3.8, 4) is 0 Å². The fraction of sp³-hybridized carbons (Fsp3) is 0.167. The van der Waals surface area contributed by atoms with E-state index in [1.165, 1.54) is 36.4 Å². The van der Waals surface area contributed by atoms with Crippen molar-refractivity contribution < 1.29 is 22.9 Å². The van der Waals surface area contributed by atoms with E-state index in [2.05, 4.69) is 26.1 Å². The molecule has 3 N–H and O–H groups in total. The Kier molecular flexibility index (Phi) is 7.32. The molecule has 0 fully saturated rings. The average Bonchev–Trinajstić information content (AvgIpc) is 2.82. The van der Waals surface area contributed by atoms with Crippen LogP contribution < -0.4 is 15.6 Å². The second-order valence-corrected chi connectivity index (χ2v) is 10.3. The molecular formula is C24H24N4O6S. The highest BCUT2D eigenvalue weighted by Gasteiger charge is 2.25. The van der Waals surface area contributed by atoms with E-state index in [9.17, 15) is 28.1 Å². The predicted molar refractivity (Wildman–Crippen MR) is 130 cm³/mol. The molecule has 0 aliphatic heterocycles. The Hall–Kier alpha value is -4.09. The Morgan fingerprint density at radius 2 is 1.37 bits per heavy atom. The Bertz CT molecular complexity index is 1360. The summed E-state index contributed by atoms with van der Waals surface area (Å²) in [7, 11) is -4.39. The van der Waals surface area contributed by atoms with Gasteiger partial charge in [0.15, 0.2) is 4.90 Å². The van der Waals surface area contributed by atoms with Crippen LogP contribution >= 0.6 is 0 Å². The summed E-state index contributed by atoms with van der Waals surface area (Å²) in [5, 5.41) is 13.8. The summed E-state index contributed by atoms with van der Waals surface area (Å²) in [5.41, 5.74) is 3.48. The average molecular weight is 497 g/mol. The van der Waals surface area contributed by atoms with Gasteiger partial charge in [0.2, 0.25) is 0 Å². The normalized spacial score (nSPS) is 11.5. The summed E-state index contributed by atoms with van der Waals surface area (Å²) >= 11 is 0. The number of amides is 2. The lowest BCUT2D eigenvalue weighted by Crippen LogP contribution is -2.41. The van der Waals surface area contributed by atoms with Crippen LogP contribution in [0.4, 0.5) is 11.4 Å². The van der Waals surface area contributed by atoms with E-state index in [1.807, 2.05) is 22.4 Å². The molecule has 3 aromatic rings. The van der Waals surface area contributed by atoms with E-state index in [-0.39, 0.29) is 16.9 Å². The quantitative estimate of drug-likeness (QED) is 0.335. The standard InChI is InChI=1S/C24H24N4O6S/c1-24(2,3)18-12-8-16(9-13-18)22(29)25-19-14-10-17(11-15-19)23(30)26-27-35(33,34)21-7-5-4-6-20(21)28(31)32/h4-15,27H,1-3H3,(H,25,29)(H,26,30). The minimum absolute atomic E-state index is 0.0323. The van der Waals surface area contributed by atoms with Crippen LogP contribution in [0.15, 0.2) is 77.7 Å². The largest absolute Gasteiger partial charge is 0.322 e. The molecule has 0 aromatic heterocycles. The zero-order chi connectivity index (χ0) is 25.8. The van der Waals surface area contributed by atoms with Crippen molar-refractivity contribution in [3.05, 3.63) is 99.6 Å². The molecule has 0 aliphatic carbocycles. The first-order valence-corrected chi connectivity index (χ1v) is 11.9. The van der Waals surface area contributed by atoms with Gasteiger partial charge in [-0.05, 0) is 53.4 Å². The van der Waals surface area contributed by atoms with Crippen molar-refractivity contribution in [1.29, 1.82) is 0 Å². The Morgan fingerprint density at radius 1 is 0.829 bits per heavy atom. The third-order valence-electron chi connectivity index (χ3n) is 5.07. The third kappa shape index (κ3) is 6.28. The summed E-state index contributed by atoms with van der Waals surface area (Å²) < 4.78 is 24.8. The fourth-order valence-electron chi connectivity index (χ4n) is 3.11. The number of para-hydroxylation sites is 1. The van der Waals surface area contributed by atoms with E-state index in [1.54, 1.807) is 12.1 Å². The maximum absolute atomic E-state index is 12.5. The zero-order valence-electron chi connectivity index (χ0n) is 19.2. The van der Waals surface area contributed by atoms with Crippen molar-refractivity contribution in [3.63, 3.8) is 0 Å². The lowest BCUT2D eigenvalue weighted by molar-refractivity contribution is -0.387. The lowest BCUT2D eigenvalue weighted by atomic mass is 9.87. The molecule has 0 atom stereocenters. The number of nitro groups is 1. The van der Waals surface area contributed by atoms with E-state index >= 15 is 0 Å². The number of carbonyl (C=O) groups is 2. The highest BCUT2D eigenvalue weighted by Crippen LogP contribution is 2.23. The predicted octanol–water partition coefficient (Wildman–Crippen LogP) is 3.77. The van der Waals surface area contributed by atoms with Crippen LogP contribution in [0, 0.1) is 10.1 Å². The van der Waals surface area contributed by atoms with Gasteiger partial charge in [-0.3, -0.25) is 25.1 Å². The van der Waals surface area contributed by atoms with Gasteiger partial charge in [-0.25, -0.2) is 8.42 Å². The molecule has 11 heteroatoms. The summed E-state index contributed by atoms with van der Waals surface area (Å²) in [6, 6.07) is 17.8. The van der Waals surface area contributed by atoms with Gasteiger partial charge < -0.3 is 5.32 Å². The molecule has 0 heterocycles. The highest BCUT2D eigenvalue weighted by atomic mass is 32.2. The van der Waals surface area contributed by atoms with E-state index < -0.39 is 31.4 Å². The first-order valence-electron chi connectivity index (χ1n) is 10.5. The SMILES string of the molecule is CC(C)(C)c1ccc(C(=O)Nc2ccc(C(=O)NNS(=O)(=O)c3ccccc3[N+](=O)[O-])cc2)cc1. The van der Waals surface area contributed by atoms with Crippen LogP contribution in [0.5, 0.6) is 0 Å². The molecule has 0 saturated carbocycles. The minimum Gasteiger partial charge on any atom is -0.322 e. The number of anilines is 1. The number of benzene rings is 3. The Balaban J connectivity index is 1.63. The molecule has 182 valence electrons. The maximum atomic E-state index is 12.5. The van der Waals surface area contributed by atoms with Crippen molar-refractivity contribution in [1.82, 2.24) is 10.3 Å². The van der Waals surface area contributed by atoms with Gasteiger partial charge in [-0.15, -0.1) is 4.83 Å². The van der Waals surface area contributed by atoms with Crippen LogP contribution in [-0.4, -0.2) is 25.2 Å². The minimum atomic E-state index is -4.39. The first kappa shape index (κ1) is 25.5. The number of hydrogen-bond acceptors (Lipinski definition) is 6. The van der Waals surface area contributed by atoms with Crippen LogP contribution in [0.25, 0.3) is 0 Å². The molecule has 3 rings (SSSR count). The molecule has 2 amide bonds. The monoisotopic (exact) mass is 496 g/mol. The number of sulfonamides is 1. The van der Waals surface area contributed by atoms with E-state index in [0.717, 1.165) is 17.7 Å². The second kappa shape index (κ2) is 10.0. The number of hydrogen-bond donors (Lipinski definition) is 3. The molecule has 3 aromatic carbocycles. The van der Waals surface area contributed by atoms with Gasteiger partial charge in [0.25, 0.3) is 27.5 Å². The Labute approximate surface area is 202 Å². The van der Waals surface area contributed by atoms with Gasteiger partial charge in [0.05, 0.1) is 4.92 Å². The van der Waals surface area contributed by atoms with E-state index in [0.29, 0.717) is 11.3 Å². The van der Waals surface area contributed by atoms with Crippen molar-refractivity contribution >= 4 is 33.2 Å². The van der Waals surface area contributed by atoms with Gasteiger partial charge in [0.1, 0.15) is 0 Å². The number of nitrogens with one attached hydrogen (secondary N) is 3. The Morgan fingerprint density at radius 3 is 1.94 bits per heavy atom.